The summed E-state index contributed by atoms with van der Waals surface area (Å²) < 4.78 is 5.27. The lowest BCUT2D eigenvalue weighted by molar-refractivity contribution is -0.160. The lowest BCUT2D eigenvalue weighted by atomic mass is 9.43. The van der Waals surface area contributed by atoms with E-state index in [-0.39, 0.29) is 35.6 Å². The lowest BCUT2D eigenvalue weighted by Crippen LogP contribution is -2.56. The lowest BCUT2D eigenvalue weighted by Gasteiger charge is -2.61. The summed E-state index contributed by atoms with van der Waals surface area (Å²) in [7, 11) is 1.51. The van der Waals surface area contributed by atoms with Gasteiger partial charge in [-0.1, -0.05) is 25.8 Å². The van der Waals surface area contributed by atoms with Gasteiger partial charge in [-0.15, -0.1) is 0 Å². The van der Waals surface area contributed by atoms with Crippen molar-refractivity contribution < 1.29 is 19.4 Å². The number of allylic oxidation sites excluding steroid dienone is 1. The molecule has 0 spiro atoms. The minimum Gasteiger partial charge on any atom is -0.469 e. The third-order valence-corrected chi connectivity index (χ3v) is 9.33. The summed E-state index contributed by atoms with van der Waals surface area (Å²) in [6.07, 6.45) is 10.9. The first-order chi connectivity index (χ1) is 13.3. The van der Waals surface area contributed by atoms with Gasteiger partial charge in [0.25, 0.3) is 0 Å². The van der Waals surface area contributed by atoms with Crippen molar-refractivity contribution in [2.45, 2.75) is 71.6 Å². The number of carbonyl (C=O) groups is 2. The van der Waals surface area contributed by atoms with Crippen LogP contribution in [0.15, 0.2) is 11.6 Å². The van der Waals surface area contributed by atoms with Crippen molar-refractivity contribution >= 4 is 11.8 Å². The average molecular weight is 389 g/mol. The first-order valence-corrected chi connectivity index (χ1v) is 11.3. The molecule has 4 rings (SSSR count). The molecule has 156 valence electrons. The molecule has 3 saturated carbocycles. The second-order valence-corrected chi connectivity index (χ2v) is 10.4. The largest absolute Gasteiger partial charge is 0.469 e. The van der Waals surface area contributed by atoms with E-state index in [0.717, 1.165) is 19.3 Å². The highest BCUT2D eigenvalue weighted by atomic mass is 16.5. The van der Waals surface area contributed by atoms with Gasteiger partial charge in [-0.3, -0.25) is 9.59 Å². The topological polar surface area (TPSA) is 63.6 Å². The van der Waals surface area contributed by atoms with Crippen molar-refractivity contribution in [1.82, 2.24) is 0 Å². The molecule has 0 aromatic carbocycles. The van der Waals surface area contributed by atoms with Gasteiger partial charge < -0.3 is 9.84 Å². The Morgan fingerprint density at radius 1 is 1.21 bits per heavy atom. The van der Waals surface area contributed by atoms with E-state index < -0.39 is 0 Å². The molecule has 28 heavy (non-hydrogen) atoms. The van der Waals surface area contributed by atoms with Crippen molar-refractivity contribution in [3.05, 3.63) is 11.6 Å². The molecule has 4 nitrogen and oxygen atoms in total. The van der Waals surface area contributed by atoms with Crippen LogP contribution >= 0.6 is 0 Å². The maximum absolute atomic E-state index is 12.9. The van der Waals surface area contributed by atoms with Gasteiger partial charge in [-0.05, 0) is 85.5 Å². The summed E-state index contributed by atoms with van der Waals surface area (Å²) >= 11 is 0. The van der Waals surface area contributed by atoms with Crippen molar-refractivity contribution in [2.24, 2.45) is 40.4 Å². The Labute approximate surface area is 169 Å². The maximum atomic E-state index is 12.9. The zero-order chi connectivity index (χ0) is 20.1. The number of ether oxygens (including phenoxy) is 1. The monoisotopic (exact) mass is 388 g/mol. The molecule has 0 aromatic rings. The third kappa shape index (κ3) is 2.89. The number of methoxy groups -OCH3 is 1. The molecule has 0 aromatic heterocycles. The van der Waals surface area contributed by atoms with Gasteiger partial charge in [0.2, 0.25) is 0 Å². The smallest absolute Gasteiger partial charge is 0.309 e. The van der Waals surface area contributed by atoms with Crippen LogP contribution in [0.4, 0.5) is 0 Å². The number of aliphatic hydroxyl groups excluding tert-OH is 1. The van der Waals surface area contributed by atoms with Crippen LogP contribution in [0.2, 0.25) is 0 Å². The molecule has 0 aliphatic heterocycles. The van der Waals surface area contributed by atoms with E-state index in [1.165, 1.54) is 38.4 Å². The van der Waals surface area contributed by atoms with Gasteiger partial charge in [0.15, 0.2) is 5.78 Å². The van der Waals surface area contributed by atoms with Crippen LogP contribution in [0.1, 0.15) is 71.6 Å². The maximum Gasteiger partial charge on any atom is 0.309 e. The van der Waals surface area contributed by atoms with Gasteiger partial charge in [0.1, 0.15) is 0 Å². The van der Waals surface area contributed by atoms with Crippen LogP contribution in [-0.2, 0) is 14.3 Å². The second-order valence-electron chi connectivity index (χ2n) is 10.4. The number of rotatable bonds is 4. The van der Waals surface area contributed by atoms with Crippen LogP contribution in [0.25, 0.3) is 0 Å². The van der Waals surface area contributed by atoms with Crippen LogP contribution in [0.5, 0.6) is 0 Å². The molecular weight excluding hydrogens is 352 g/mol. The molecule has 4 aliphatic carbocycles. The molecule has 1 N–H and O–H groups in total. The molecule has 3 fully saturated rings. The molecule has 2 unspecified atom stereocenters. The van der Waals surface area contributed by atoms with E-state index in [1.807, 2.05) is 6.08 Å². The number of esters is 1. The summed E-state index contributed by atoms with van der Waals surface area (Å²) in [4.78, 5) is 25.4. The molecule has 0 saturated heterocycles. The fourth-order valence-corrected chi connectivity index (χ4v) is 7.90. The summed E-state index contributed by atoms with van der Waals surface area (Å²) in [5.74, 6) is 1.67. The summed E-state index contributed by atoms with van der Waals surface area (Å²) in [5.41, 5.74) is 1.52. The quantitative estimate of drug-likeness (QED) is 0.729. The van der Waals surface area contributed by atoms with Crippen LogP contribution in [0.3, 0.4) is 0 Å². The van der Waals surface area contributed by atoms with Gasteiger partial charge in [-0.25, -0.2) is 0 Å². The fourth-order valence-electron chi connectivity index (χ4n) is 7.90. The van der Waals surface area contributed by atoms with Crippen LogP contribution in [0, 0.1) is 40.4 Å². The highest BCUT2D eigenvalue weighted by Gasteiger charge is 2.62. The average Bonchev–Trinajstić information content (AvgIpc) is 3.07. The van der Waals surface area contributed by atoms with Crippen molar-refractivity contribution in [3.8, 4) is 0 Å². The summed E-state index contributed by atoms with van der Waals surface area (Å²) in [6.45, 7) is 4.99. The molecule has 4 aliphatic rings. The Morgan fingerprint density at radius 3 is 2.71 bits per heavy atom. The first kappa shape index (κ1) is 20.1. The normalized spacial score (nSPS) is 44.9. The molecule has 4 heteroatoms. The van der Waals surface area contributed by atoms with Crippen LogP contribution < -0.4 is 0 Å². The number of aliphatic hydroxyl groups is 1. The predicted molar refractivity (Wildman–Crippen MR) is 107 cm³/mol. The first-order valence-electron chi connectivity index (χ1n) is 11.3. The number of carbonyl (C=O) groups excluding carboxylic acids is 2. The Hall–Kier alpha value is -1.16. The summed E-state index contributed by atoms with van der Waals surface area (Å²) in [6, 6.07) is 0. The number of hydrogen-bond acceptors (Lipinski definition) is 4. The molecule has 0 radical (unpaired) electrons. The second kappa shape index (κ2) is 7.27. The highest BCUT2D eigenvalue weighted by Crippen LogP contribution is 2.68. The Kier molecular flexibility index (Phi) is 5.22. The van der Waals surface area contributed by atoms with Crippen molar-refractivity contribution in [2.75, 3.05) is 13.7 Å². The predicted octanol–water partition coefficient (Wildman–Crippen LogP) is 4.31. The Bertz CT molecular complexity index is 682. The molecule has 0 heterocycles. The number of ketones is 1. The number of fused-ring (bicyclic) bond motifs is 5. The number of hydrogen-bond donors (Lipinski definition) is 1. The molecular formula is C24H36O4. The van der Waals surface area contributed by atoms with E-state index in [9.17, 15) is 14.7 Å². The van der Waals surface area contributed by atoms with Gasteiger partial charge in [0, 0.05) is 13.0 Å². The van der Waals surface area contributed by atoms with Crippen molar-refractivity contribution in [3.63, 3.8) is 0 Å². The van der Waals surface area contributed by atoms with Crippen molar-refractivity contribution in [1.29, 1.82) is 0 Å². The Morgan fingerprint density at radius 2 is 2.00 bits per heavy atom. The third-order valence-electron chi connectivity index (χ3n) is 9.33. The van der Waals surface area contributed by atoms with Gasteiger partial charge in [0.05, 0.1) is 13.0 Å². The molecule has 7 atom stereocenters. The van der Waals surface area contributed by atoms with Gasteiger partial charge in [-0.2, -0.15) is 0 Å². The SMILES string of the molecule is COC(=O)C1CC2=CC(=O)CC(CCCO)[C@]2(C)[C@H]2CC[C@]3(C)CCC[C@H]3[C@H]12. The van der Waals surface area contributed by atoms with E-state index >= 15 is 0 Å². The van der Waals surface area contributed by atoms with E-state index in [2.05, 4.69) is 13.8 Å². The standard InChI is InChI=1S/C24H36O4/c1-23-9-4-7-19(23)21-18(22(27)28-3)14-16-13-17(26)12-15(6-5-11-25)24(16,2)20(21)8-10-23/h13,15,18-21,25H,4-12,14H2,1-3H3/t15?,18?,19-,20-,21-,23-,24-/m0/s1. The minimum atomic E-state index is -0.110. The van der Waals surface area contributed by atoms with E-state index in [4.69, 9.17) is 4.74 Å². The van der Waals surface area contributed by atoms with Gasteiger partial charge >= 0.3 is 5.97 Å². The van der Waals surface area contributed by atoms with Crippen LogP contribution in [-0.4, -0.2) is 30.6 Å². The fraction of sp³-hybridized carbons (Fsp3) is 0.833. The summed E-state index contributed by atoms with van der Waals surface area (Å²) in [5, 5.41) is 9.42. The van der Waals surface area contributed by atoms with E-state index in [1.54, 1.807) is 0 Å². The molecule has 0 amide bonds. The minimum absolute atomic E-state index is 0.0256. The van der Waals surface area contributed by atoms with E-state index in [0.29, 0.717) is 36.0 Å². The zero-order valence-corrected chi connectivity index (χ0v) is 17.7. The Balaban J connectivity index is 1.78. The zero-order valence-electron chi connectivity index (χ0n) is 17.7. The highest BCUT2D eigenvalue weighted by molar-refractivity contribution is 5.92. The molecule has 0 bridgehead atoms.